The van der Waals surface area contributed by atoms with Gasteiger partial charge in [-0.2, -0.15) is 0 Å². The molecule has 2 N–H and O–H groups in total. The van der Waals surface area contributed by atoms with Crippen molar-refractivity contribution in [2.24, 2.45) is 0 Å². The van der Waals surface area contributed by atoms with Crippen molar-refractivity contribution in [1.29, 1.82) is 0 Å². The number of benzene rings is 2. The molecule has 2 heterocycles. The maximum atomic E-state index is 12.6. The minimum atomic E-state index is -0.249. The monoisotopic (exact) mass is 387 g/mol. The second kappa shape index (κ2) is 8.73. The standard InChI is InChI=1S/C23H25N5O/c1-2-17-7-3-4-8-20(17)27-23(29)21-15-22(25-16-24-21)26-18-9-11-19(12-10-18)28-13-5-6-14-28/h3-4,7-12,15-16H,2,5-6,13-14H2,1H3,(H,27,29)(H,24,25,26). The van der Waals surface area contributed by atoms with Crippen LogP contribution in [0.5, 0.6) is 0 Å². The molecule has 2 aromatic carbocycles. The van der Waals surface area contributed by atoms with Crippen LogP contribution in [-0.2, 0) is 6.42 Å². The fraction of sp³-hybridized carbons (Fsp3) is 0.261. The number of para-hydroxylation sites is 1. The molecule has 3 aromatic rings. The Balaban J connectivity index is 1.45. The Hall–Kier alpha value is -3.41. The number of aromatic nitrogens is 2. The lowest BCUT2D eigenvalue weighted by Crippen LogP contribution is -2.17. The highest BCUT2D eigenvalue weighted by Crippen LogP contribution is 2.23. The summed E-state index contributed by atoms with van der Waals surface area (Å²) in [6.07, 6.45) is 4.77. The Kier molecular flexibility index (Phi) is 5.70. The molecule has 0 radical (unpaired) electrons. The van der Waals surface area contributed by atoms with E-state index in [4.69, 9.17) is 0 Å². The zero-order valence-electron chi connectivity index (χ0n) is 16.6. The van der Waals surface area contributed by atoms with E-state index in [2.05, 4.69) is 44.6 Å². The molecular formula is C23H25N5O. The van der Waals surface area contributed by atoms with Gasteiger partial charge in [-0.05, 0) is 55.2 Å². The molecule has 1 amide bonds. The van der Waals surface area contributed by atoms with Gasteiger partial charge >= 0.3 is 0 Å². The highest BCUT2D eigenvalue weighted by molar-refractivity contribution is 6.03. The van der Waals surface area contributed by atoms with Gasteiger partial charge in [-0.3, -0.25) is 4.79 Å². The first-order valence-electron chi connectivity index (χ1n) is 10.1. The molecule has 1 aromatic heterocycles. The van der Waals surface area contributed by atoms with Crippen LogP contribution >= 0.6 is 0 Å². The number of nitrogens with zero attached hydrogens (tertiary/aromatic N) is 3. The van der Waals surface area contributed by atoms with Crippen molar-refractivity contribution in [2.45, 2.75) is 26.2 Å². The molecule has 0 aliphatic carbocycles. The predicted octanol–water partition coefficient (Wildman–Crippen LogP) is 4.64. The van der Waals surface area contributed by atoms with E-state index in [1.54, 1.807) is 6.07 Å². The van der Waals surface area contributed by atoms with Crippen molar-refractivity contribution in [3.05, 3.63) is 72.2 Å². The summed E-state index contributed by atoms with van der Waals surface area (Å²) in [6, 6.07) is 17.8. The van der Waals surface area contributed by atoms with Crippen LogP contribution in [0.15, 0.2) is 60.9 Å². The summed E-state index contributed by atoms with van der Waals surface area (Å²) in [5, 5.41) is 6.20. The second-order valence-electron chi connectivity index (χ2n) is 7.12. The van der Waals surface area contributed by atoms with E-state index in [-0.39, 0.29) is 5.91 Å². The largest absolute Gasteiger partial charge is 0.372 e. The fourth-order valence-corrected chi connectivity index (χ4v) is 3.57. The lowest BCUT2D eigenvalue weighted by molar-refractivity contribution is 0.102. The molecule has 4 rings (SSSR count). The minimum absolute atomic E-state index is 0.249. The second-order valence-corrected chi connectivity index (χ2v) is 7.12. The molecule has 0 bridgehead atoms. The van der Waals surface area contributed by atoms with Crippen molar-refractivity contribution < 1.29 is 4.79 Å². The van der Waals surface area contributed by atoms with E-state index in [1.807, 2.05) is 36.4 Å². The molecule has 29 heavy (non-hydrogen) atoms. The molecule has 6 heteroatoms. The lowest BCUT2D eigenvalue weighted by atomic mass is 10.1. The van der Waals surface area contributed by atoms with Crippen molar-refractivity contribution in [2.75, 3.05) is 28.6 Å². The van der Waals surface area contributed by atoms with Crippen LogP contribution in [0, 0.1) is 0 Å². The summed E-state index contributed by atoms with van der Waals surface area (Å²) < 4.78 is 0. The number of carbonyl (C=O) groups is 1. The van der Waals surface area contributed by atoms with Gasteiger partial charge in [0.1, 0.15) is 17.8 Å². The fourth-order valence-electron chi connectivity index (χ4n) is 3.57. The molecule has 6 nitrogen and oxygen atoms in total. The van der Waals surface area contributed by atoms with Crippen molar-refractivity contribution in [1.82, 2.24) is 9.97 Å². The molecule has 0 atom stereocenters. The smallest absolute Gasteiger partial charge is 0.274 e. The Bertz CT molecular complexity index is 981. The van der Waals surface area contributed by atoms with Gasteiger partial charge in [-0.25, -0.2) is 9.97 Å². The predicted molar refractivity (Wildman–Crippen MR) is 117 cm³/mol. The number of hydrogen-bond donors (Lipinski definition) is 2. The Morgan fingerprint density at radius 2 is 1.79 bits per heavy atom. The van der Waals surface area contributed by atoms with Gasteiger partial charge in [-0.15, -0.1) is 0 Å². The van der Waals surface area contributed by atoms with Crippen molar-refractivity contribution >= 4 is 28.8 Å². The van der Waals surface area contributed by atoms with Gasteiger partial charge in [0.25, 0.3) is 5.91 Å². The third-order valence-electron chi connectivity index (χ3n) is 5.16. The summed E-state index contributed by atoms with van der Waals surface area (Å²) in [7, 11) is 0. The number of carbonyl (C=O) groups excluding carboxylic acids is 1. The lowest BCUT2D eigenvalue weighted by Gasteiger charge is -2.18. The first kappa shape index (κ1) is 18.9. The SMILES string of the molecule is CCc1ccccc1NC(=O)c1cc(Nc2ccc(N3CCCC3)cc2)ncn1. The zero-order valence-corrected chi connectivity index (χ0v) is 16.6. The van der Waals surface area contributed by atoms with Crippen molar-refractivity contribution in [3.8, 4) is 0 Å². The summed E-state index contributed by atoms with van der Waals surface area (Å²) in [6.45, 7) is 4.31. The van der Waals surface area contributed by atoms with Crippen LogP contribution < -0.4 is 15.5 Å². The van der Waals surface area contributed by atoms with E-state index < -0.39 is 0 Å². The van der Waals surface area contributed by atoms with Gasteiger partial charge in [0.05, 0.1) is 0 Å². The van der Waals surface area contributed by atoms with Gasteiger partial charge in [0.2, 0.25) is 0 Å². The number of nitrogens with one attached hydrogen (secondary N) is 2. The van der Waals surface area contributed by atoms with Gasteiger partial charge in [-0.1, -0.05) is 25.1 Å². The first-order valence-corrected chi connectivity index (χ1v) is 10.1. The van der Waals surface area contributed by atoms with Crippen LogP contribution in [0.1, 0.15) is 35.8 Å². The summed E-state index contributed by atoms with van der Waals surface area (Å²) in [4.78, 5) is 23.4. The molecule has 0 unspecified atom stereocenters. The Morgan fingerprint density at radius 1 is 1.03 bits per heavy atom. The third kappa shape index (κ3) is 4.54. The number of amides is 1. The van der Waals surface area contributed by atoms with Crippen LogP contribution in [-0.4, -0.2) is 29.0 Å². The van der Waals surface area contributed by atoms with Crippen molar-refractivity contribution in [3.63, 3.8) is 0 Å². The molecule has 1 aliphatic rings. The highest BCUT2D eigenvalue weighted by atomic mass is 16.1. The normalized spacial score (nSPS) is 13.3. The Morgan fingerprint density at radius 3 is 2.55 bits per heavy atom. The summed E-state index contributed by atoms with van der Waals surface area (Å²) in [5.74, 6) is 0.337. The van der Waals surface area contributed by atoms with Gasteiger partial charge < -0.3 is 15.5 Å². The molecule has 1 aliphatic heterocycles. The molecule has 0 spiro atoms. The summed E-state index contributed by atoms with van der Waals surface area (Å²) in [5.41, 5.74) is 4.39. The Labute approximate surface area is 171 Å². The summed E-state index contributed by atoms with van der Waals surface area (Å²) >= 11 is 0. The zero-order chi connectivity index (χ0) is 20.1. The topological polar surface area (TPSA) is 70.2 Å². The van der Waals surface area contributed by atoms with Crippen LogP contribution in [0.25, 0.3) is 0 Å². The van der Waals surface area contributed by atoms with E-state index in [1.165, 1.54) is 24.9 Å². The molecule has 0 saturated carbocycles. The van der Waals surface area contributed by atoms with Gasteiger partial charge in [0.15, 0.2) is 0 Å². The third-order valence-corrected chi connectivity index (χ3v) is 5.16. The van der Waals surface area contributed by atoms with Crippen LogP contribution in [0.2, 0.25) is 0 Å². The van der Waals surface area contributed by atoms with E-state index in [0.717, 1.165) is 36.4 Å². The average molecular weight is 387 g/mol. The number of hydrogen-bond acceptors (Lipinski definition) is 5. The van der Waals surface area contributed by atoms with E-state index in [9.17, 15) is 4.79 Å². The first-order chi connectivity index (χ1) is 14.2. The molecule has 1 saturated heterocycles. The minimum Gasteiger partial charge on any atom is -0.372 e. The maximum Gasteiger partial charge on any atom is 0.274 e. The average Bonchev–Trinajstić information content (AvgIpc) is 3.30. The highest BCUT2D eigenvalue weighted by Gasteiger charge is 2.13. The van der Waals surface area contributed by atoms with E-state index in [0.29, 0.717) is 11.5 Å². The number of aryl methyl sites for hydroxylation is 1. The maximum absolute atomic E-state index is 12.6. The van der Waals surface area contributed by atoms with E-state index >= 15 is 0 Å². The quantitative estimate of drug-likeness (QED) is 0.645. The molecule has 1 fully saturated rings. The van der Waals surface area contributed by atoms with Gasteiger partial charge in [0, 0.05) is 36.2 Å². The molecule has 148 valence electrons. The molecular weight excluding hydrogens is 362 g/mol. The van der Waals surface area contributed by atoms with Crippen LogP contribution in [0.3, 0.4) is 0 Å². The number of rotatable bonds is 6. The van der Waals surface area contributed by atoms with Crippen LogP contribution in [0.4, 0.5) is 22.9 Å². The number of anilines is 4.